The van der Waals surface area contributed by atoms with Crippen LogP contribution in [0.4, 0.5) is 0 Å². The summed E-state index contributed by atoms with van der Waals surface area (Å²) in [6, 6.07) is 5.21. The van der Waals surface area contributed by atoms with Crippen molar-refractivity contribution < 1.29 is 9.90 Å². The van der Waals surface area contributed by atoms with E-state index in [1.165, 1.54) is 17.7 Å². The van der Waals surface area contributed by atoms with Gasteiger partial charge in [-0.3, -0.25) is 0 Å². The Morgan fingerprint density at radius 2 is 2.21 bits per heavy atom. The van der Waals surface area contributed by atoms with Gasteiger partial charge in [0.2, 0.25) is 0 Å². The molecule has 2 rings (SSSR count). The fourth-order valence-electron chi connectivity index (χ4n) is 1.13. The molecule has 0 saturated heterocycles. The Morgan fingerprint density at radius 1 is 1.36 bits per heavy atom. The van der Waals surface area contributed by atoms with Crippen LogP contribution in [0, 0.1) is 0 Å². The average molecular weight is 206 g/mol. The Labute approximate surface area is 84.0 Å². The number of aromatic nitrogens is 2. The van der Waals surface area contributed by atoms with Crippen LogP contribution in [0.5, 0.6) is 0 Å². The number of aromatic carboxylic acids is 1. The third-order valence-corrected chi connectivity index (χ3v) is 2.49. The van der Waals surface area contributed by atoms with Crippen LogP contribution < -0.4 is 0 Å². The molecule has 0 aliphatic heterocycles. The molecule has 4 nitrogen and oxygen atoms in total. The topological polar surface area (TPSA) is 63.1 Å². The zero-order valence-corrected chi connectivity index (χ0v) is 7.86. The van der Waals surface area contributed by atoms with E-state index in [1.54, 1.807) is 24.4 Å². The third kappa shape index (κ3) is 1.49. The quantitative estimate of drug-likeness (QED) is 0.815. The maximum Gasteiger partial charge on any atom is 0.355 e. The molecule has 1 N–H and O–H groups in total. The van der Waals surface area contributed by atoms with Gasteiger partial charge in [0.25, 0.3) is 0 Å². The summed E-state index contributed by atoms with van der Waals surface area (Å²) in [5, 5.41) is 8.89. The van der Waals surface area contributed by atoms with Crippen LogP contribution in [-0.4, -0.2) is 20.4 Å². The van der Waals surface area contributed by atoms with Crippen LogP contribution in [0.3, 0.4) is 0 Å². The fraction of sp³-hybridized carbons (Fsp3) is 0. The van der Waals surface area contributed by atoms with E-state index in [0.717, 1.165) is 4.88 Å². The SMILES string of the molecule is O=C(O)c1ncccc1-c1ccns1. The summed E-state index contributed by atoms with van der Waals surface area (Å²) in [6.45, 7) is 0. The number of carboxylic acids is 1. The van der Waals surface area contributed by atoms with Crippen molar-refractivity contribution in [3.8, 4) is 10.4 Å². The molecule has 70 valence electrons. The first-order chi connectivity index (χ1) is 6.79. The molecule has 0 unspecified atom stereocenters. The van der Waals surface area contributed by atoms with Crippen molar-refractivity contribution in [2.45, 2.75) is 0 Å². The molecule has 0 aromatic carbocycles. The molecule has 2 heterocycles. The fourth-order valence-corrected chi connectivity index (χ4v) is 1.75. The van der Waals surface area contributed by atoms with Gasteiger partial charge in [-0.15, -0.1) is 0 Å². The molecular formula is C9H6N2O2S. The first-order valence-electron chi connectivity index (χ1n) is 3.88. The number of hydrogen-bond donors (Lipinski definition) is 1. The van der Waals surface area contributed by atoms with Crippen molar-refractivity contribution in [2.75, 3.05) is 0 Å². The number of carboxylic acid groups (broad SMARTS) is 1. The van der Waals surface area contributed by atoms with E-state index < -0.39 is 5.97 Å². The van der Waals surface area contributed by atoms with Crippen LogP contribution in [0.1, 0.15) is 10.5 Å². The van der Waals surface area contributed by atoms with Crippen molar-refractivity contribution in [3.63, 3.8) is 0 Å². The second kappa shape index (κ2) is 3.55. The molecule has 0 bridgehead atoms. The Balaban J connectivity index is 2.58. The Bertz CT molecular complexity index is 454. The predicted octanol–water partition coefficient (Wildman–Crippen LogP) is 1.90. The summed E-state index contributed by atoms with van der Waals surface area (Å²) < 4.78 is 3.92. The molecule has 0 radical (unpaired) electrons. The Morgan fingerprint density at radius 3 is 2.86 bits per heavy atom. The lowest BCUT2D eigenvalue weighted by atomic mass is 10.1. The number of rotatable bonds is 2. The van der Waals surface area contributed by atoms with Gasteiger partial charge in [-0.1, -0.05) is 0 Å². The lowest BCUT2D eigenvalue weighted by Crippen LogP contribution is -2.01. The highest BCUT2D eigenvalue weighted by Crippen LogP contribution is 2.24. The highest BCUT2D eigenvalue weighted by atomic mass is 32.1. The van der Waals surface area contributed by atoms with E-state index in [-0.39, 0.29) is 5.69 Å². The van der Waals surface area contributed by atoms with Crippen LogP contribution >= 0.6 is 11.5 Å². The molecule has 2 aromatic heterocycles. The minimum Gasteiger partial charge on any atom is -0.476 e. The Hall–Kier alpha value is -1.75. The molecule has 0 aliphatic rings. The summed E-state index contributed by atoms with van der Waals surface area (Å²) in [4.78, 5) is 15.5. The molecule has 0 aliphatic carbocycles. The Kier molecular flexibility index (Phi) is 2.24. The van der Waals surface area contributed by atoms with Gasteiger partial charge < -0.3 is 5.11 Å². The second-order valence-corrected chi connectivity index (χ2v) is 3.41. The highest BCUT2D eigenvalue weighted by Gasteiger charge is 2.13. The van der Waals surface area contributed by atoms with Crippen LogP contribution in [-0.2, 0) is 0 Å². The normalized spacial score (nSPS) is 10.0. The molecule has 0 amide bonds. The third-order valence-electron chi connectivity index (χ3n) is 1.71. The summed E-state index contributed by atoms with van der Waals surface area (Å²) >= 11 is 1.25. The minimum atomic E-state index is -1.02. The van der Waals surface area contributed by atoms with Gasteiger partial charge in [-0.2, -0.15) is 0 Å². The second-order valence-electron chi connectivity index (χ2n) is 2.58. The lowest BCUT2D eigenvalue weighted by Gasteiger charge is -2.00. The van der Waals surface area contributed by atoms with Crippen LogP contribution in [0.2, 0.25) is 0 Å². The van der Waals surface area contributed by atoms with Crippen molar-refractivity contribution in [3.05, 3.63) is 36.3 Å². The lowest BCUT2D eigenvalue weighted by molar-refractivity contribution is 0.0691. The zero-order valence-electron chi connectivity index (χ0n) is 7.04. The van der Waals surface area contributed by atoms with Gasteiger partial charge in [-0.25, -0.2) is 14.2 Å². The number of carbonyl (C=O) groups is 1. The summed E-state index contributed by atoms with van der Waals surface area (Å²) in [5.41, 5.74) is 0.680. The summed E-state index contributed by atoms with van der Waals surface area (Å²) in [5.74, 6) is -1.02. The molecule has 0 atom stereocenters. The van der Waals surface area contributed by atoms with E-state index in [1.807, 2.05) is 0 Å². The zero-order chi connectivity index (χ0) is 9.97. The first kappa shape index (κ1) is 8.83. The van der Waals surface area contributed by atoms with Gasteiger partial charge in [0.1, 0.15) is 0 Å². The largest absolute Gasteiger partial charge is 0.476 e. The average Bonchev–Trinajstić information content (AvgIpc) is 2.70. The number of hydrogen-bond acceptors (Lipinski definition) is 4. The molecule has 2 aromatic rings. The van der Waals surface area contributed by atoms with Gasteiger partial charge in [0.05, 0.1) is 4.88 Å². The predicted molar refractivity (Wildman–Crippen MR) is 52.3 cm³/mol. The molecule has 0 spiro atoms. The van der Waals surface area contributed by atoms with E-state index in [9.17, 15) is 4.79 Å². The maximum absolute atomic E-state index is 10.8. The van der Waals surface area contributed by atoms with Crippen molar-refractivity contribution in [1.82, 2.24) is 9.36 Å². The molecular weight excluding hydrogens is 200 g/mol. The minimum absolute atomic E-state index is 0.0664. The van der Waals surface area contributed by atoms with Crippen molar-refractivity contribution in [2.24, 2.45) is 0 Å². The molecule has 0 fully saturated rings. The maximum atomic E-state index is 10.8. The van der Waals surface area contributed by atoms with Gasteiger partial charge in [0.15, 0.2) is 5.69 Å². The van der Waals surface area contributed by atoms with Gasteiger partial charge >= 0.3 is 5.97 Å². The van der Waals surface area contributed by atoms with E-state index in [2.05, 4.69) is 9.36 Å². The van der Waals surface area contributed by atoms with Crippen LogP contribution in [0.25, 0.3) is 10.4 Å². The van der Waals surface area contributed by atoms with E-state index in [0.29, 0.717) is 5.56 Å². The first-order valence-corrected chi connectivity index (χ1v) is 4.66. The smallest absolute Gasteiger partial charge is 0.355 e. The standard InChI is InChI=1S/C9H6N2O2S/c12-9(13)8-6(2-1-4-10-8)7-3-5-11-14-7/h1-5H,(H,12,13). The van der Waals surface area contributed by atoms with E-state index in [4.69, 9.17) is 5.11 Å². The van der Waals surface area contributed by atoms with E-state index >= 15 is 0 Å². The van der Waals surface area contributed by atoms with Crippen LogP contribution in [0.15, 0.2) is 30.6 Å². The highest BCUT2D eigenvalue weighted by molar-refractivity contribution is 7.09. The van der Waals surface area contributed by atoms with Gasteiger partial charge in [0, 0.05) is 18.0 Å². The molecule has 5 heteroatoms. The number of nitrogens with zero attached hydrogens (tertiary/aromatic N) is 2. The van der Waals surface area contributed by atoms with Gasteiger partial charge in [-0.05, 0) is 29.7 Å². The molecule has 14 heavy (non-hydrogen) atoms. The molecule has 0 saturated carbocycles. The van der Waals surface area contributed by atoms with Crippen molar-refractivity contribution in [1.29, 1.82) is 0 Å². The summed E-state index contributed by atoms with van der Waals surface area (Å²) in [7, 11) is 0. The summed E-state index contributed by atoms with van der Waals surface area (Å²) in [6.07, 6.45) is 3.10. The number of pyridine rings is 1. The monoisotopic (exact) mass is 206 g/mol. The van der Waals surface area contributed by atoms with Crippen molar-refractivity contribution >= 4 is 17.5 Å².